The molecule has 5 nitrogen and oxygen atoms in total. The smallest absolute Gasteiger partial charge is 0.292 e. The van der Waals surface area contributed by atoms with Crippen LogP contribution in [0, 0.1) is 5.41 Å². The molecule has 0 bridgehead atoms. The second kappa shape index (κ2) is 5.36. The Balaban J connectivity index is 1.74. The van der Waals surface area contributed by atoms with Crippen molar-refractivity contribution in [3.8, 4) is 5.75 Å². The first-order chi connectivity index (χ1) is 9.69. The molecule has 0 aliphatic carbocycles. The number of benzene rings is 1. The van der Waals surface area contributed by atoms with Gasteiger partial charge in [0.2, 0.25) is 5.91 Å². The Morgan fingerprint density at radius 3 is 3.20 bits per heavy atom. The van der Waals surface area contributed by atoms with Gasteiger partial charge in [-0.1, -0.05) is 12.1 Å². The van der Waals surface area contributed by atoms with Gasteiger partial charge in [0.05, 0.1) is 19.6 Å². The zero-order valence-corrected chi connectivity index (χ0v) is 12.0. The minimum absolute atomic E-state index is 0.00630. The summed E-state index contributed by atoms with van der Waals surface area (Å²) in [6, 6.07) is 7.46. The maximum Gasteiger partial charge on any atom is 0.292 e. The van der Waals surface area contributed by atoms with Gasteiger partial charge >= 0.3 is 0 Å². The lowest BCUT2D eigenvalue weighted by molar-refractivity contribution is -0.127. The number of nitrogens with zero attached hydrogens (tertiary/aromatic N) is 1. The van der Waals surface area contributed by atoms with E-state index in [-0.39, 0.29) is 30.5 Å². The highest BCUT2D eigenvalue weighted by molar-refractivity contribution is 7.99. The number of methoxy groups -OCH3 is 1. The van der Waals surface area contributed by atoms with Crippen molar-refractivity contribution in [3.05, 3.63) is 29.8 Å². The van der Waals surface area contributed by atoms with Gasteiger partial charge in [-0.2, -0.15) is 11.8 Å². The zero-order valence-electron chi connectivity index (χ0n) is 11.2. The third-order valence-electron chi connectivity index (χ3n) is 3.57. The van der Waals surface area contributed by atoms with Crippen molar-refractivity contribution in [2.45, 2.75) is 18.6 Å². The highest BCUT2D eigenvalue weighted by atomic mass is 32.2. The van der Waals surface area contributed by atoms with Crippen LogP contribution in [0.15, 0.2) is 24.3 Å². The first-order valence-corrected chi connectivity index (χ1v) is 7.62. The molecule has 0 spiro atoms. The molecule has 2 aliphatic heterocycles. The molecule has 20 heavy (non-hydrogen) atoms. The van der Waals surface area contributed by atoms with Gasteiger partial charge in [0.15, 0.2) is 0 Å². The van der Waals surface area contributed by atoms with E-state index >= 15 is 0 Å². The lowest BCUT2D eigenvalue weighted by Crippen LogP contribution is -2.42. The van der Waals surface area contributed by atoms with Crippen molar-refractivity contribution < 1.29 is 14.3 Å². The summed E-state index contributed by atoms with van der Waals surface area (Å²) >= 11 is 1.77. The third-order valence-corrected chi connectivity index (χ3v) is 4.71. The minimum atomic E-state index is -0.0850. The van der Waals surface area contributed by atoms with Crippen LogP contribution in [0.5, 0.6) is 5.75 Å². The molecule has 6 heteroatoms. The Labute approximate surface area is 121 Å². The molecular formula is C14H16N2O3S. The quantitative estimate of drug-likeness (QED) is 0.917. The number of thioether (sulfide) groups is 1. The van der Waals surface area contributed by atoms with E-state index in [0.717, 1.165) is 22.8 Å². The third kappa shape index (κ3) is 2.35. The molecule has 2 atom stereocenters. The molecule has 106 valence electrons. The molecule has 2 fully saturated rings. The predicted molar refractivity (Wildman–Crippen MR) is 77.3 cm³/mol. The SMILES string of the molecule is COc1cccc(CC(=O)N2C(=N)O[C@H]3CSC[C@H]32)c1. The van der Waals surface area contributed by atoms with Gasteiger partial charge in [0, 0.05) is 11.5 Å². The van der Waals surface area contributed by atoms with Crippen LogP contribution in [0.25, 0.3) is 0 Å². The van der Waals surface area contributed by atoms with Gasteiger partial charge in [0.1, 0.15) is 11.9 Å². The van der Waals surface area contributed by atoms with Gasteiger partial charge in [-0.15, -0.1) is 0 Å². The monoisotopic (exact) mass is 292 g/mol. The lowest BCUT2D eigenvalue weighted by atomic mass is 10.1. The van der Waals surface area contributed by atoms with E-state index in [0.29, 0.717) is 0 Å². The van der Waals surface area contributed by atoms with Crippen LogP contribution in [0.3, 0.4) is 0 Å². The average Bonchev–Trinajstić information content (AvgIpc) is 2.98. The number of nitrogens with one attached hydrogen (secondary N) is 1. The van der Waals surface area contributed by atoms with E-state index in [9.17, 15) is 4.79 Å². The van der Waals surface area contributed by atoms with Crippen LogP contribution in [0.4, 0.5) is 0 Å². The number of rotatable bonds is 3. The number of amidine groups is 1. The largest absolute Gasteiger partial charge is 0.497 e. The highest BCUT2D eigenvalue weighted by Crippen LogP contribution is 2.31. The highest BCUT2D eigenvalue weighted by Gasteiger charge is 2.45. The fourth-order valence-corrected chi connectivity index (χ4v) is 3.83. The van der Waals surface area contributed by atoms with Crippen molar-refractivity contribution in [2.75, 3.05) is 18.6 Å². The number of amides is 1. The van der Waals surface area contributed by atoms with E-state index in [1.807, 2.05) is 24.3 Å². The summed E-state index contributed by atoms with van der Waals surface area (Å²) in [7, 11) is 1.60. The Kier molecular flexibility index (Phi) is 3.56. The normalized spacial score (nSPS) is 24.4. The fourth-order valence-electron chi connectivity index (χ4n) is 2.57. The van der Waals surface area contributed by atoms with Crippen molar-refractivity contribution in [1.82, 2.24) is 4.90 Å². The predicted octanol–water partition coefficient (Wildman–Crippen LogP) is 1.52. The van der Waals surface area contributed by atoms with E-state index < -0.39 is 0 Å². The Morgan fingerprint density at radius 1 is 1.55 bits per heavy atom. The number of carbonyl (C=O) groups is 1. The number of fused-ring (bicyclic) bond motifs is 1. The number of carbonyl (C=O) groups excluding carboxylic acids is 1. The molecule has 0 saturated carbocycles. The first-order valence-electron chi connectivity index (χ1n) is 6.47. The molecule has 0 radical (unpaired) electrons. The molecule has 0 aromatic heterocycles. The maximum absolute atomic E-state index is 12.4. The lowest BCUT2D eigenvalue weighted by Gasteiger charge is -2.19. The van der Waals surface area contributed by atoms with Crippen molar-refractivity contribution in [2.24, 2.45) is 0 Å². The maximum atomic E-state index is 12.4. The molecule has 1 amide bonds. The van der Waals surface area contributed by atoms with E-state index in [1.165, 1.54) is 4.90 Å². The molecular weight excluding hydrogens is 276 g/mol. The summed E-state index contributed by atoms with van der Waals surface area (Å²) in [5.74, 6) is 2.35. The number of ether oxygens (including phenoxy) is 2. The Morgan fingerprint density at radius 2 is 2.40 bits per heavy atom. The van der Waals surface area contributed by atoms with Gasteiger partial charge in [-0.25, -0.2) is 0 Å². The molecule has 2 saturated heterocycles. The Bertz CT molecular complexity index is 549. The standard InChI is InChI=1S/C14H16N2O3S/c1-18-10-4-2-3-9(5-10)6-13(17)16-11-7-20-8-12(11)19-14(16)15/h2-5,11-12,15H,6-8H2,1H3/t11-,12+/m1/s1. The van der Waals surface area contributed by atoms with Crippen LogP contribution in [-0.2, 0) is 16.0 Å². The van der Waals surface area contributed by atoms with Crippen molar-refractivity contribution in [3.63, 3.8) is 0 Å². The molecule has 1 aromatic carbocycles. The van der Waals surface area contributed by atoms with E-state index in [1.54, 1.807) is 18.9 Å². The summed E-state index contributed by atoms with van der Waals surface area (Å²) in [5.41, 5.74) is 0.885. The van der Waals surface area contributed by atoms with Gasteiger partial charge in [-0.3, -0.25) is 15.1 Å². The molecule has 2 aliphatic rings. The van der Waals surface area contributed by atoms with Crippen LogP contribution in [-0.4, -0.2) is 47.6 Å². The summed E-state index contributed by atoms with van der Waals surface area (Å²) in [6.45, 7) is 0. The van der Waals surface area contributed by atoms with Gasteiger partial charge in [0.25, 0.3) is 6.02 Å². The molecule has 0 unspecified atom stereocenters. The fraction of sp³-hybridized carbons (Fsp3) is 0.429. The van der Waals surface area contributed by atoms with Gasteiger partial charge in [-0.05, 0) is 17.7 Å². The molecule has 1 aromatic rings. The second-order valence-corrected chi connectivity index (χ2v) is 5.93. The summed E-state index contributed by atoms with van der Waals surface area (Å²) in [5, 5.41) is 7.83. The zero-order chi connectivity index (χ0) is 14.1. The number of hydrogen-bond acceptors (Lipinski definition) is 5. The summed E-state index contributed by atoms with van der Waals surface area (Å²) < 4.78 is 10.6. The van der Waals surface area contributed by atoms with Crippen LogP contribution in [0.1, 0.15) is 5.56 Å². The summed E-state index contributed by atoms with van der Waals surface area (Å²) in [6.07, 6.45) is 0.248. The van der Waals surface area contributed by atoms with Crippen molar-refractivity contribution in [1.29, 1.82) is 5.41 Å². The van der Waals surface area contributed by atoms with Crippen LogP contribution in [0.2, 0.25) is 0 Å². The molecule has 2 heterocycles. The van der Waals surface area contributed by atoms with Crippen LogP contribution < -0.4 is 4.74 Å². The Hall–Kier alpha value is -1.69. The summed E-state index contributed by atoms with van der Waals surface area (Å²) in [4.78, 5) is 13.9. The minimum Gasteiger partial charge on any atom is -0.497 e. The van der Waals surface area contributed by atoms with Crippen LogP contribution >= 0.6 is 11.8 Å². The van der Waals surface area contributed by atoms with Gasteiger partial charge < -0.3 is 9.47 Å². The topological polar surface area (TPSA) is 62.6 Å². The first kappa shape index (κ1) is 13.3. The average molecular weight is 292 g/mol. The van der Waals surface area contributed by atoms with Crippen molar-refractivity contribution >= 4 is 23.7 Å². The van der Waals surface area contributed by atoms with E-state index in [4.69, 9.17) is 14.9 Å². The van der Waals surface area contributed by atoms with E-state index in [2.05, 4.69) is 0 Å². The molecule has 1 N–H and O–H groups in total. The number of hydrogen-bond donors (Lipinski definition) is 1. The second-order valence-electron chi connectivity index (χ2n) is 4.86. The molecule has 3 rings (SSSR count).